The number of piperidine rings is 1. The summed E-state index contributed by atoms with van der Waals surface area (Å²) in [7, 11) is 0. The second kappa shape index (κ2) is 8.73. The first-order valence-corrected chi connectivity index (χ1v) is 13.4. The number of benzene rings is 1. The average Bonchev–Trinajstić information content (AvgIpc) is 3.40. The van der Waals surface area contributed by atoms with E-state index in [2.05, 4.69) is 54.5 Å². The van der Waals surface area contributed by atoms with Gasteiger partial charge >= 0.3 is 0 Å². The highest BCUT2D eigenvalue weighted by molar-refractivity contribution is 7.96. The number of rotatable bonds is 5. The summed E-state index contributed by atoms with van der Waals surface area (Å²) < 4.78 is 4.96. The van der Waals surface area contributed by atoms with E-state index in [0.29, 0.717) is 11.5 Å². The maximum absolute atomic E-state index is 5.00. The van der Waals surface area contributed by atoms with Gasteiger partial charge in [-0.25, -0.2) is 9.97 Å². The summed E-state index contributed by atoms with van der Waals surface area (Å²) in [5.74, 6) is 0.779. The molecule has 30 heavy (non-hydrogen) atoms. The van der Waals surface area contributed by atoms with E-state index in [4.69, 9.17) is 4.98 Å². The summed E-state index contributed by atoms with van der Waals surface area (Å²) in [6, 6.07) is 7.00. The number of hydrogen-bond donors (Lipinski definition) is 1. The van der Waals surface area contributed by atoms with E-state index in [-0.39, 0.29) is 0 Å². The topological polar surface area (TPSA) is 47.5 Å². The Morgan fingerprint density at radius 3 is 2.57 bits per heavy atom. The van der Waals surface area contributed by atoms with Gasteiger partial charge in [0.2, 0.25) is 5.95 Å². The lowest BCUT2D eigenvalue weighted by Gasteiger charge is -2.30. The summed E-state index contributed by atoms with van der Waals surface area (Å²) in [6.45, 7) is 6.95. The predicted octanol–water partition coefficient (Wildman–Crippen LogP) is 3.96. The molecule has 4 heterocycles. The van der Waals surface area contributed by atoms with Crippen molar-refractivity contribution < 1.29 is 0 Å². The molecular weight excluding hydrogens is 412 g/mol. The standard InChI is InChI=1S/C22H32N6S2/c1-29-27-10-6-18(7-11-27)24-21-23-14-17-4-3-5-19(20(17)25-21)26-12-8-22(15-26)9-13-28(16-22)30-2/h3-5,14,18H,6-13,15-16H2,1-2H3,(H,23,24,25). The average molecular weight is 445 g/mol. The number of fused-ring (bicyclic) bond motifs is 1. The minimum atomic E-state index is 0.449. The number of nitrogens with one attached hydrogen (secondary N) is 1. The van der Waals surface area contributed by atoms with Crippen molar-refractivity contribution in [3.05, 3.63) is 24.4 Å². The zero-order valence-electron chi connectivity index (χ0n) is 18.0. The molecule has 0 bridgehead atoms. The molecule has 1 atom stereocenters. The van der Waals surface area contributed by atoms with Crippen LogP contribution >= 0.6 is 23.9 Å². The van der Waals surface area contributed by atoms with Crippen LogP contribution in [0.4, 0.5) is 11.6 Å². The Morgan fingerprint density at radius 1 is 1.00 bits per heavy atom. The Labute approximate surface area is 188 Å². The van der Waals surface area contributed by atoms with Crippen molar-refractivity contribution in [1.82, 2.24) is 18.6 Å². The number of para-hydroxylation sites is 1. The fraction of sp³-hybridized carbons (Fsp3) is 0.636. The van der Waals surface area contributed by atoms with E-state index in [0.717, 1.165) is 55.9 Å². The molecule has 3 aliphatic heterocycles. The summed E-state index contributed by atoms with van der Waals surface area (Å²) in [6.07, 6.45) is 11.2. The van der Waals surface area contributed by atoms with Gasteiger partial charge < -0.3 is 10.2 Å². The number of aromatic nitrogens is 2. The van der Waals surface area contributed by atoms with Crippen LogP contribution in [-0.4, -0.2) is 76.4 Å². The van der Waals surface area contributed by atoms with Crippen LogP contribution in [0.5, 0.6) is 0 Å². The van der Waals surface area contributed by atoms with Crippen molar-refractivity contribution >= 4 is 46.4 Å². The van der Waals surface area contributed by atoms with Crippen LogP contribution in [0.15, 0.2) is 24.4 Å². The third kappa shape index (κ3) is 4.11. The van der Waals surface area contributed by atoms with Gasteiger partial charge in [0.1, 0.15) is 0 Å². The van der Waals surface area contributed by atoms with E-state index >= 15 is 0 Å². The summed E-state index contributed by atoms with van der Waals surface area (Å²) in [5, 5.41) is 4.74. The van der Waals surface area contributed by atoms with Gasteiger partial charge in [0.05, 0.1) is 11.2 Å². The Balaban J connectivity index is 1.34. The Bertz CT molecular complexity index is 887. The van der Waals surface area contributed by atoms with Crippen LogP contribution < -0.4 is 10.2 Å². The van der Waals surface area contributed by atoms with Crippen LogP contribution in [0.1, 0.15) is 25.7 Å². The molecule has 8 heteroatoms. The molecule has 0 saturated carbocycles. The third-order valence-electron chi connectivity index (χ3n) is 7.08. The smallest absolute Gasteiger partial charge is 0.223 e. The number of anilines is 2. The summed E-state index contributed by atoms with van der Waals surface area (Å²) >= 11 is 3.74. The second-order valence-corrected chi connectivity index (χ2v) is 10.7. The minimum absolute atomic E-state index is 0.449. The van der Waals surface area contributed by atoms with E-state index in [1.807, 2.05) is 30.1 Å². The molecule has 1 aromatic heterocycles. The molecule has 3 fully saturated rings. The van der Waals surface area contributed by atoms with E-state index < -0.39 is 0 Å². The maximum Gasteiger partial charge on any atom is 0.223 e. The quantitative estimate of drug-likeness (QED) is 0.696. The molecule has 0 amide bonds. The molecular formula is C22H32N6S2. The van der Waals surface area contributed by atoms with Gasteiger partial charge in [0, 0.05) is 62.3 Å². The van der Waals surface area contributed by atoms with E-state index in [9.17, 15) is 0 Å². The lowest BCUT2D eigenvalue weighted by molar-refractivity contribution is 0.350. The Hall–Kier alpha value is -1.22. The van der Waals surface area contributed by atoms with E-state index in [1.165, 1.54) is 31.6 Å². The van der Waals surface area contributed by atoms with Gasteiger partial charge in [0.15, 0.2) is 0 Å². The molecule has 1 aromatic carbocycles. The molecule has 162 valence electrons. The van der Waals surface area contributed by atoms with Gasteiger partial charge in [-0.2, -0.15) is 0 Å². The molecule has 5 rings (SSSR count). The largest absolute Gasteiger partial charge is 0.369 e. The molecule has 0 radical (unpaired) electrons. The molecule has 0 aliphatic carbocycles. The van der Waals surface area contributed by atoms with E-state index in [1.54, 1.807) is 0 Å². The van der Waals surface area contributed by atoms with Crippen molar-refractivity contribution in [2.24, 2.45) is 5.41 Å². The minimum Gasteiger partial charge on any atom is -0.369 e. The predicted molar refractivity (Wildman–Crippen MR) is 130 cm³/mol. The first-order chi connectivity index (χ1) is 14.7. The van der Waals surface area contributed by atoms with Crippen molar-refractivity contribution in [2.45, 2.75) is 31.7 Å². The first-order valence-electron chi connectivity index (χ1n) is 11.0. The lowest BCUT2D eigenvalue weighted by Crippen LogP contribution is -2.35. The molecule has 3 aliphatic rings. The van der Waals surface area contributed by atoms with Crippen LogP contribution in [0.2, 0.25) is 0 Å². The first kappa shape index (κ1) is 20.7. The van der Waals surface area contributed by atoms with Crippen molar-refractivity contribution in [3.63, 3.8) is 0 Å². The highest BCUT2D eigenvalue weighted by Crippen LogP contribution is 2.43. The monoisotopic (exact) mass is 444 g/mol. The van der Waals surface area contributed by atoms with Gasteiger partial charge in [-0.05, 0) is 44.3 Å². The zero-order chi connectivity index (χ0) is 20.6. The SMILES string of the molecule is CSN1CCC(Nc2ncc3cccc(N4CCC5(CCN(SC)C5)C4)c3n2)CC1. The van der Waals surface area contributed by atoms with Crippen LogP contribution in [0, 0.1) is 5.41 Å². The van der Waals surface area contributed by atoms with Crippen LogP contribution in [0.3, 0.4) is 0 Å². The molecule has 3 saturated heterocycles. The van der Waals surface area contributed by atoms with Crippen LogP contribution in [-0.2, 0) is 0 Å². The van der Waals surface area contributed by atoms with Crippen molar-refractivity contribution in [1.29, 1.82) is 0 Å². The molecule has 1 unspecified atom stereocenters. The Morgan fingerprint density at radius 2 is 1.80 bits per heavy atom. The number of hydrogen-bond acceptors (Lipinski definition) is 8. The van der Waals surface area contributed by atoms with Crippen molar-refractivity contribution in [3.8, 4) is 0 Å². The van der Waals surface area contributed by atoms with Gasteiger partial charge in [-0.3, -0.25) is 8.61 Å². The van der Waals surface area contributed by atoms with Gasteiger partial charge in [0.25, 0.3) is 0 Å². The molecule has 2 aromatic rings. The van der Waals surface area contributed by atoms with Crippen LogP contribution in [0.25, 0.3) is 10.9 Å². The van der Waals surface area contributed by atoms with Gasteiger partial charge in [-0.15, -0.1) is 0 Å². The summed E-state index contributed by atoms with van der Waals surface area (Å²) in [5.41, 5.74) is 2.81. The fourth-order valence-corrected chi connectivity index (χ4v) is 6.51. The van der Waals surface area contributed by atoms with Gasteiger partial charge in [-0.1, -0.05) is 36.0 Å². The van der Waals surface area contributed by atoms with Crippen molar-refractivity contribution in [2.75, 3.05) is 62.0 Å². The normalized spacial score (nSPS) is 26.3. The maximum atomic E-state index is 5.00. The molecule has 1 N–H and O–H groups in total. The molecule has 6 nitrogen and oxygen atoms in total. The fourth-order valence-electron chi connectivity index (χ4n) is 5.25. The second-order valence-electron chi connectivity index (χ2n) is 8.91. The number of nitrogens with zero attached hydrogens (tertiary/aromatic N) is 5. The molecule has 1 spiro atoms. The summed E-state index contributed by atoms with van der Waals surface area (Å²) in [4.78, 5) is 12.2. The zero-order valence-corrected chi connectivity index (χ0v) is 19.6. The lowest BCUT2D eigenvalue weighted by atomic mass is 9.86. The highest BCUT2D eigenvalue weighted by Gasteiger charge is 2.43. The highest BCUT2D eigenvalue weighted by atomic mass is 32.2. The third-order valence-corrected chi connectivity index (χ3v) is 8.79. The Kier molecular flexibility index (Phi) is 6.01.